The first-order valence-electron chi connectivity index (χ1n) is 8.11. The molecule has 0 fully saturated rings. The number of ketones is 1. The maximum absolute atomic E-state index is 12.4. The number of anilines is 2. The van der Waals surface area contributed by atoms with Crippen molar-refractivity contribution in [2.45, 2.75) is 19.9 Å². The van der Waals surface area contributed by atoms with Crippen LogP contribution >= 0.6 is 0 Å². The average Bonchev–Trinajstić information content (AvgIpc) is 2.62. The molecule has 1 aliphatic rings. The summed E-state index contributed by atoms with van der Waals surface area (Å²) in [5, 5.41) is 5.95. The Morgan fingerprint density at radius 2 is 1.84 bits per heavy atom. The van der Waals surface area contributed by atoms with E-state index in [0.29, 0.717) is 41.7 Å². The third-order valence-electron chi connectivity index (χ3n) is 3.87. The smallest absolute Gasteiger partial charge is 0.246 e. The van der Waals surface area contributed by atoms with Crippen LogP contribution in [0.4, 0.5) is 11.4 Å². The van der Waals surface area contributed by atoms with Crippen molar-refractivity contribution in [3.63, 3.8) is 0 Å². The summed E-state index contributed by atoms with van der Waals surface area (Å²) in [6, 6.07) is 11.9. The summed E-state index contributed by atoms with van der Waals surface area (Å²) in [5.41, 5.74) is 1.85. The van der Waals surface area contributed by atoms with Gasteiger partial charge in [0, 0.05) is 11.3 Å². The number of ether oxygens (including phenoxy) is 2. The number of benzene rings is 2. The number of hydrogen-bond donors (Lipinski definition) is 2. The number of para-hydroxylation sites is 1. The largest absolute Gasteiger partial charge is 0.486 e. The molecular weight excluding hydrogens is 320 g/mol. The molecule has 1 amide bonds. The number of amides is 1. The van der Waals surface area contributed by atoms with Crippen LogP contribution in [-0.4, -0.2) is 30.9 Å². The van der Waals surface area contributed by atoms with Crippen molar-refractivity contribution in [2.75, 3.05) is 23.8 Å². The number of nitrogens with one attached hydrogen (secondary N) is 2. The zero-order valence-corrected chi connectivity index (χ0v) is 14.2. The van der Waals surface area contributed by atoms with Gasteiger partial charge in [0.05, 0.1) is 5.69 Å². The summed E-state index contributed by atoms with van der Waals surface area (Å²) in [5.74, 6) is 1.02. The molecule has 2 aromatic carbocycles. The van der Waals surface area contributed by atoms with E-state index in [-0.39, 0.29) is 11.7 Å². The molecule has 2 aromatic rings. The molecule has 0 aromatic heterocycles. The number of rotatable bonds is 5. The fourth-order valence-corrected chi connectivity index (χ4v) is 2.55. The van der Waals surface area contributed by atoms with E-state index in [1.54, 1.807) is 31.2 Å². The normalized spacial score (nSPS) is 13.7. The maximum atomic E-state index is 12.4. The van der Waals surface area contributed by atoms with Gasteiger partial charge in [-0.1, -0.05) is 18.2 Å². The highest BCUT2D eigenvalue weighted by molar-refractivity contribution is 5.99. The summed E-state index contributed by atoms with van der Waals surface area (Å²) in [6.07, 6.45) is 0. The van der Waals surface area contributed by atoms with Crippen LogP contribution < -0.4 is 20.1 Å². The van der Waals surface area contributed by atoms with Crippen molar-refractivity contribution in [3.05, 3.63) is 48.0 Å². The third-order valence-corrected chi connectivity index (χ3v) is 3.87. The van der Waals surface area contributed by atoms with Gasteiger partial charge in [0.15, 0.2) is 17.3 Å². The second kappa shape index (κ2) is 7.25. The Balaban J connectivity index is 1.69. The van der Waals surface area contributed by atoms with Crippen molar-refractivity contribution in [1.29, 1.82) is 0 Å². The Morgan fingerprint density at radius 3 is 2.64 bits per heavy atom. The minimum absolute atomic E-state index is 0.0460. The molecule has 2 N–H and O–H groups in total. The van der Waals surface area contributed by atoms with Crippen molar-refractivity contribution in [2.24, 2.45) is 0 Å². The summed E-state index contributed by atoms with van der Waals surface area (Å²) in [4.78, 5) is 23.9. The topological polar surface area (TPSA) is 76.7 Å². The van der Waals surface area contributed by atoms with Gasteiger partial charge in [-0.15, -0.1) is 0 Å². The molecule has 3 rings (SSSR count). The number of carbonyl (C=O) groups excluding carboxylic acids is 2. The predicted octanol–water partition coefficient (Wildman–Crippen LogP) is 3.10. The summed E-state index contributed by atoms with van der Waals surface area (Å²) in [7, 11) is 0. The lowest BCUT2D eigenvalue weighted by molar-refractivity contribution is -0.116. The predicted molar refractivity (Wildman–Crippen MR) is 95.6 cm³/mol. The molecule has 1 heterocycles. The van der Waals surface area contributed by atoms with Crippen LogP contribution in [-0.2, 0) is 4.79 Å². The fourth-order valence-electron chi connectivity index (χ4n) is 2.55. The van der Waals surface area contributed by atoms with E-state index in [4.69, 9.17) is 9.47 Å². The van der Waals surface area contributed by atoms with E-state index in [9.17, 15) is 9.59 Å². The second-order valence-corrected chi connectivity index (χ2v) is 5.82. The third kappa shape index (κ3) is 3.91. The van der Waals surface area contributed by atoms with Gasteiger partial charge in [0.25, 0.3) is 0 Å². The molecule has 130 valence electrons. The van der Waals surface area contributed by atoms with Crippen LogP contribution in [0.15, 0.2) is 42.5 Å². The summed E-state index contributed by atoms with van der Waals surface area (Å²) < 4.78 is 11.2. The second-order valence-electron chi connectivity index (χ2n) is 5.82. The molecule has 1 unspecified atom stereocenters. The van der Waals surface area contributed by atoms with Gasteiger partial charge >= 0.3 is 0 Å². The van der Waals surface area contributed by atoms with Crippen molar-refractivity contribution >= 4 is 23.1 Å². The monoisotopic (exact) mass is 340 g/mol. The van der Waals surface area contributed by atoms with Crippen molar-refractivity contribution in [3.8, 4) is 11.5 Å². The average molecular weight is 340 g/mol. The molecule has 25 heavy (non-hydrogen) atoms. The van der Waals surface area contributed by atoms with Gasteiger partial charge in [-0.3, -0.25) is 9.59 Å². The van der Waals surface area contributed by atoms with E-state index < -0.39 is 6.04 Å². The molecule has 1 atom stereocenters. The van der Waals surface area contributed by atoms with Crippen LogP contribution in [0.25, 0.3) is 0 Å². The lowest BCUT2D eigenvalue weighted by Gasteiger charge is -2.23. The highest BCUT2D eigenvalue weighted by atomic mass is 16.6. The van der Waals surface area contributed by atoms with Gasteiger partial charge in [-0.2, -0.15) is 0 Å². The molecule has 0 spiro atoms. The first-order valence-corrected chi connectivity index (χ1v) is 8.11. The summed E-state index contributed by atoms with van der Waals surface area (Å²) in [6.45, 7) is 4.24. The minimum Gasteiger partial charge on any atom is -0.486 e. The Morgan fingerprint density at radius 1 is 1.08 bits per heavy atom. The van der Waals surface area contributed by atoms with Gasteiger partial charge in [-0.25, -0.2) is 0 Å². The van der Waals surface area contributed by atoms with Crippen LogP contribution in [0, 0.1) is 0 Å². The molecule has 0 saturated heterocycles. The Labute approximate surface area is 146 Å². The Bertz CT molecular complexity index is 804. The standard InChI is InChI=1S/C19H20N2O4/c1-12(19(23)21-15-6-3-5-14(11-15)13(2)22)20-16-7-4-8-17-18(16)25-10-9-24-17/h3-8,11-12,20H,9-10H2,1-2H3,(H,21,23). The van der Waals surface area contributed by atoms with Gasteiger partial charge in [0.2, 0.25) is 5.91 Å². The molecule has 0 radical (unpaired) electrons. The molecule has 6 nitrogen and oxygen atoms in total. The van der Waals surface area contributed by atoms with Gasteiger partial charge in [-0.05, 0) is 38.1 Å². The molecule has 0 aliphatic carbocycles. The summed E-state index contributed by atoms with van der Waals surface area (Å²) >= 11 is 0. The van der Waals surface area contributed by atoms with E-state index in [1.165, 1.54) is 6.92 Å². The quantitative estimate of drug-likeness (QED) is 0.818. The minimum atomic E-state index is -0.502. The lowest BCUT2D eigenvalue weighted by Crippen LogP contribution is -2.32. The van der Waals surface area contributed by atoms with Gasteiger partial charge < -0.3 is 20.1 Å². The number of Topliss-reactive ketones (excluding diaryl/α,β-unsaturated/α-hetero) is 1. The van der Waals surface area contributed by atoms with Crippen molar-refractivity contribution in [1.82, 2.24) is 0 Å². The zero-order valence-electron chi connectivity index (χ0n) is 14.2. The van der Waals surface area contributed by atoms with E-state index in [2.05, 4.69) is 10.6 Å². The van der Waals surface area contributed by atoms with E-state index in [0.717, 1.165) is 0 Å². The number of hydrogen-bond acceptors (Lipinski definition) is 5. The number of carbonyl (C=O) groups is 2. The van der Waals surface area contributed by atoms with Crippen molar-refractivity contribution < 1.29 is 19.1 Å². The maximum Gasteiger partial charge on any atom is 0.246 e. The van der Waals surface area contributed by atoms with Crippen LogP contribution in [0.1, 0.15) is 24.2 Å². The zero-order chi connectivity index (χ0) is 17.8. The van der Waals surface area contributed by atoms with Crippen LogP contribution in [0.3, 0.4) is 0 Å². The highest BCUT2D eigenvalue weighted by Gasteiger charge is 2.19. The van der Waals surface area contributed by atoms with Crippen LogP contribution in [0.2, 0.25) is 0 Å². The SMILES string of the molecule is CC(=O)c1cccc(NC(=O)C(C)Nc2cccc3c2OCCO3)c1. The Kier molecular flexibility index (Phi) is 4.88. The van der Waals surface area contributed by atoms with Crippen LogP contribution in [0.5, 0.6) is 11.5 Å². The highest BCUT2D eigenvalue weighted by Crippen LogP contribution is 2.37. The number of fused-ring (bicyclic) bond motifs is 1. The molecule has 0 saturated carbocycles. The Hall–Kier alpha value is -3.02. The van der Waals surface area contributed by atoms with E-state index in [1.807, 2.05) is 18.2 Å². The first-order chi connectivity index (χ1) is 12.0. The molecule has 1 aliphatic heterocycles. The van der Waals surface area contributed by atoms with E-state index >= 15 is 0 Å². The molecular formula is C19H20N2O4. The van der Waals surface area contributed by atoms with Gasteiger partial charge in [0.1, 0.15) is 19.3 Å². The molecule has 0 bridgehead atoms. The fraction of sp³-hybridized carbons (Fsp3) is 0.263. The molecule has 6 heteroatoms. The first kappa shape index (κ1) is 16.8. The lowest BCUT2D eigenvalue weighted by atomic mass is 10.1.